The molecule has 2 fully saturated rings. The van der Waals surface area contributed by atoms with Gasteiger partial charge >= 0.3 is 0 Å². The van der Waals surface area contributed by atoms with E-state index in [-0.39, 0.29) is 24.4 Å². The first-order chi connectivity index (χ1) is 20.3. The first-order valence-corrected chi connectivity index (χ1v) is 14.1. The van der Waals surface area contributed by atoms with Crippen molar-refractivity contribution in [1.29, 1.82) is 5.26 Å². The molecule has 0 bridgehead atoms. The average molecular weight is 579 g/mol. The van der Waals surface area contributed by atoms with Gasteiger partial charge in [0.05, 0.1) is 49.5 Å². The summed E-state index contributed by atoms with van der Waals surface area (Å²) in [5.74, 6) is -1.27. The maximum Gasteiger partial charge on any atom is 0.150 e. The zero-order chi connectivity index (χ0) is 29.4. The van der Waals surface area contributed by atoms with Crippen molar-refractivity contribution in [2.45, 2.75) is 57.9 Å². The molecule has 0 N–H and O–H groups in total. The minimum absolute atomic E-state index is 0.0686. The van der Waals surface area contributed by atoms with Crippen molar-refractivity contribution in [2.75, 3.05) is 32.9 Å². The number of aromatic nitrogens is 6. The SMILES string of the molecule is Cc1c(-c2cc(OC[C@H](OC(C)C)c3ncc(F)cc3F)c3c(C#N)cnn3c2)nnn1C1CCN(C2COC2)CC1. The molecule has 2 aliphatic heterocycles. The number of piperidine rings is 1. The van der Waals surface area contributed by atoms with Crippen molar-refractivity contribution in [3.8, 4) is 23.1 Å². The van der Waals surface area contributed by atoms with Crippen LogP contribution >= 0.6 is 0 Å². The van der Waals surface area contributed by atoms with Crippen LogP contribution in [0.1, 0.15) is 55.8 Å². The number of nitriles is 1. The highest BCUT2D eigenvalue weighted by Crippen LogP contribution is 2.34. The van der Waals surface area contributed by atoms with Gasteiger partial charge in [-0.2, -0.15) is 10.4 Å². The molecule has 13 heteroatoms. The fourth-order valence-corrected chi connectivity index (χ4v) is 5.63. The smallest absolute Gasteiger partial charge is 0.150 e. The van der Waals surface area contributed by atoms with E-state index in [2.05, 4.69) is 31.4 Å². The van der Waals surface area contributed by atoms with Crippen molar-refractivity contribution < 1.29 is 23.0 Å². The highest BCUT2D eigenvalue weighted by atomic mass is 19.1. The second-order valence-corrected chi connectivity index (χ2v) is 11.0. The van der Waals surface area contributed by atoms with Gasteiger partial charge in [0.15, 0.2) is 0 Å². The molecule has 0 spiro atoms. The van der Waals surface area contributed by atoms with Crippen molar-refractivity contribution >= 4 is 5.52 Å². The van der Waals surface area contributed by atoms with Gasteiger partial charge in [-0.15, -0.1) is 5.10 Å². The van der Waals surface area contributed by atoms with Gasteiger partial charge in [-0.25, -0.2) is 18.0 Å². The molecule has 42 heavy (non-hydrogen) atoms. The van der Waals surface area contributed by atoms with Gasteiger partial charge in [0.25, 0.3) is 0 Å². The summed E-state index contributed by atoms with van der Waals surface area (Å²) in [5, 5.41) is 23.1. The number of hydrogen-bond donors (Lipinski definition) is 0. The minimum Gasteiger partial charge on any atom is -0.488 e. The molecule has 0 amide bonds. The molecule has 11 nitrogen and oxygen atoms in total. The van der Waals surface area contributed by atoms with Gasteiger partial charge in [-0.3, -0.25) is 9.88 Å². The Kier molecular flexibility index (Phi) is 7.85. The topological polar surface area (TPSA) is 116 Å². The predicted molar refractivity (Wildman–Crippen MR) is 147 cm³/mol. The summed E-state index contributed by atoms with van der Waals surface area (Å²) >= 11 is 0. The van der Waals surface area contributed by atoms with E-state index < -0.39 is 17.7 Å². The number of fused-ring (bicyclic) bond motifs is 1. The van der Waals surface area contributed by atoms with E-state index in [0.717, 1.165) is 57.1 Å². The van der Waals surface area contributed by atoms with Crippen molar-refractivity contribution in [3.63, 3.8) is 0 Å². The molecule has 4 aromatic heterocycles. The first-order valence-electron chi connectivity index (χ1n) is 14.1. The number of ether oxygens (including phenoxy) is 3. The Morgan fingerprint density at radius 3 is 2.60 bits per heavy atom. The Hall–Kier alpha value is -3.99. The molecule has 0 unspecified atom stereocenters. The number of likely N-dealkylation sites (tertiary alicyclic amines) is 1. The molecule has 0 saturated carbocycles. The van der Waals surface area contributed by atoms with Crippen LogP contribution in [0.5, 0.6) is 5.75 Å². The number of hydrogen-bond acceptors (Lipinski definition) is 9. The van der Waals surface area contributed by atoms with Gasteiger partial charge in [-0.05, 0) is 39.7 Å². The van der Waals surface area contributed by atoms with Crippen LogP contribution in [0, 0.1) is 29.9 Å². The number of rotatable bonds is 9. The monoisotopic (exact) mass is 578 g/mol. The van der Waals surface area contributed by atoms with E-state index in [4.69, 9.17) is 14.2 Å². The Labute approximate surface area is 241 Å². The number of pyridine rings is 2. The predicted octanol–water partition coefficient (Wildman–Crippen LogP) is 4.03. The van der Waals surface area contributed by atoms with Crippen LogP contribution in [-0.4, -0.2) is 79.5 Å². The molecule has 2 saturated heterocycles. The van der Waals surface area contributed by atoms with E-state index in [1.54, 1.807) is 30.6 Å². The fraction of sp³-hybridized carbons (Fsp3) is 0.483. The standard InChI is InChI=1S/C29H32F2N8O3/c1-17(2)42-26(28-24(31)9-21(30)12-33-28)16-41-25-8-19(13-38-29(25)20(10-32)11-34-38)27-18(3)39(36-35-27)22-4-6-37(7-5-22)23-14-40-15-23/h8-9,11-13,17,22-23,26H,4-7,14-16H2,1-3H3/t26-/m0/s1. The Morgan fingerprint density at radius 2 is 1.93 bits per heavy atom. The second-order valence-electron chi connectivity index (χ2n) is 11.0. The number of halogens is 2. The van der Waals surface area contributed by atoms with E-state index in [1.807, 2.05) is 11.6 Å². The molecule has 1 atom stereocenters. The molecule has 0 aliphatic carbocycles. The van der Waals surface area contributed by atoms with E-state index >= 15 is 0 Å². The van der Waals surface area contributed by atoms with Gasteiger partial charge in [0.1, 0.15) is 58.6 Å². The van der Waals surface area contributed by atoms with Crippen LogP contribution in [0.25, 0.3) is 16.8 Å². The van der Waals surface area contributed by atoms with Crippen molar-refractivity contribution in [3.05, 3.63) is 59.3 Å². The van der Waals surface area contributed by atoms with Gasteiger partial charge < -0.3 is 14.2 Å². The van der Waals surface area contributed by atoms with Crippen LogP contribution in [-0.2, 0) is 9.47 Å². The van der Waals surface area contributed by atoms with E-state index in [1.165, 1.54) is 6.20 Å². The summed E-state index contributed by atoms with van der Waals surface area (Å²) in [4.78, 5) is 6.41. The highest BCUT2D eigenvalue weighted by molar-refractivity contribution is 5.74. The lowest BCUT2D eigenvalue weighted by Gasteiger charge is -2.41. The summed E-state index contributed by atoms with van der Waals surface area (Å²) in [6.45, 7) is 9.06. The lowest BCUT2D eigenvalue weighted by atomic mass is 10.0. The fourth-order valence-electron chi connectivity index (χ4n) is 5.63. The third-order valence-electron chi connectivity index (χ3n) is 7.85. The summed E-state index contributed by atoms with van der Waals surface area (Å²) in [6.07, 6.45) is 4.92. The van der Waals surface area contributed by atoms with E-state index in [9.17, 15) is 14.0 Å². The second kappa shape index (κ2) is 11.7. The average Bonchev–Trinajstić information content (AvgIpc) is 3.53. The largest absolute Gasteiger partial charge is 0.488 e. The molecular weight excluding hydrogens is 546 g/mol. The molecule has 2 aliphatic rings. The van der Waals surface area contributed by atoms with Gasteiger partial charge in [0, 0.05) is 30.9 Å². The maximum absolute atomic E-state index is 14.6. The molecule has 0 radical (unpaired) electrons. The highest BCUT2D eigenvalue weighted by Gasteiger charge is 2.31. The molecular formula is C29H32F2N8O3. The Morgan fingerprint density at radius 1 is 1.14 bits per heavy atom. The third-order valence-corrected chi connectivity index (χ3v) is 7.85. The van der Waals surface area contributed by atoms with Gasteiger partial charge in [-0.1, -0.05) is 5.21 Å². The Bertz CT molecular complexity index is 1620. The zero-order valence-corrected chi connectivity index (χ0v) is 23.7. The first kappa shape index (κ1) is 28.1. The minimum atomic E-state index is -0.928. The van der Waals surface area contributed by atoms with Gasteiger partial charge in [0.2, 0.25) is 0 Å². The zero-order valence-electron chi connectivity index (χ0n) is 23.7. The van der Waals surface area contributed by atoms with Crippen LogP contribution in [0.4, 0.5) is 8.78 Å². The molecule has 6 heterocycles. The Balaban J connectivity index is 1.29. The maximum atomic E-state index is 14.6. The van der Waals surface area contributed by atoms with Crippen molar-refractivity contribution in [2.24, 2.45) is 0 Å². The quantitative estimate of drug-likeness (QED) is 0.290. The van der Waals surface area contributed by atoms with Crippen molar-refractivity contribution in [1.82, 2.24) is 34.5 Å². The van der Waals surface area contributed by atoms with Crippen LogP contribution < -0.4 is 4.74 Å². The number of nitrogens with zero attached hydrogens (tertiary/aromatic N) is 8. The summed E-state index contributed by atoms with van der Waals surface area (Å²) in [5.41, 5.74) is 2.98. The van der Waals surface area contributed by atoms with E-state index in [0.29, 0.717) is 34.1 Å². The lowest BCUT2D eigenvalue weighted by molar-refractivity contribution is -0.0735. The third kappa shape index (κ3) is 5.45. The van der Waals surface area contributed by atoms with Crippen LogP contribution in [0.3, 0.4) is 0 Å². The van der Waals surface area contributed by atoms with Crippen LogP contribution in [0.2, 0.25) is 0 Å². The summed E-state index contributed by atoms with van der Waals surface area (Å²) in [7, 11) is 0. The summed E-state index contributed by atoms with van der Waals surface area (Å²) < 4.78 is 49.2. The molecule has 0 aromatic carbocycles. The molecule has 6 rings (SSSR count). The normalized spacial score (nSPS) is 17.5. The van der Waals surface area contributed by atoms with Crippen LogP contribution in [0.15, 0.2) is 30.7 Å². The molecule has 4 aromatic rings. The summed E-state index contributed by atoms with van der Waals surface area (Å²) in [6, 6.07) is 5.45. The lowest BCUT2D eigenvalue weighted by Crippen LogP contribution is -2.52. The molecule has 220 valence electrons.